The van der Waals surface area contributed by atoms with Crippen molar-refractivity contribution in [3.05, 3.63) is 88.0 Å². The molecule has 7 rings (SSSR count). The number of hydrogen-bond donors (Lipinski definition) is 2. The highest BCUT2D eigenvalue weighted by atomic mass is 35.5. The maximum Gasteiger partial charge on any atom is 0.265 e. The number of nitrogens with one attached hydrogen (secondary N) is 2. The minimum Gasteiger partial charge on any atom is -0.340 e. The lowest BCUT2D eigenvalue weighted by molar-refractivity contribution is 0.0975. The van der Waals surface area contributed by atoms with Crippen molar-refractivity contribution in [1.29, 1.82) is 0 Å². The standard InChI is InChI=1S/C28H23Cl2N7O/c29-18-13-21(32-23(30)14-18)17-11-9-16(10-12-17)15-36-25(31-19-5-2-1-3-6-19)24-26(35-36)37-22-8-4-7-20(22)33-28(37)34-27(24)38/h1-3,5-6,9-14,20,22,31H,4,7-8,15H2,(H,33,34,38)/t20-,22+/m1/s1. The quantitative estimate of drug-likeness (QED) is 0.306. The molecule has 4 aromatic rings. The molecule has 1 amide bonds. The maximum absolute atomic E-state index is 13.3. The van der Waals surface area contributed by atoms with Gasteiger partial charge in [0.25, 0.3) is 5.91 Å². The third kappa shape index (κ3) is 4.01. The van der Waals surface area contributed by atoms with E-state index in [9.17, 15) is 4.79 Å². The van der Waals surface area contributed by atoms with Crippen molar-refractivity contribution in [2.45, 2.75) is 37.9 Å². The van der Waals surface area contributed by atoms with Gasteiger partial charge >= 0.3 is 0 Å². The van der Waals surface area contributed by atoms with Gasteiger partial charge in [-0.25, -0.2) is 14.7 Å². The van der Waals surface area contributed by atoms with Crippen molar-refractivity contribution < 1.29 is 4.79 Å². The smallest absolute Gasteiger partial charge is 0.265 e. The van der Waals surface area contributed by atoms with Gasteiger partial charge in [-0.15, -0.1) is 0 Å². The molecule has 1 saturated carbocycles. The SMILES string of the molecule is O=C1NC2=N[C@@H]3CCC[C@@H]3N2c2nn(Cc3ccc(-c4cc(Cl)cc(Cl)n4)cc3)c(Nc3ccccc3)c21. The normalized spacial score (nSPS) is 19.5. The number of guanidine groups is 1. The Morgan fingerprint density at radius 3 is 2.63 bits per heavy atom. The van der Waals surface area contributed by atoms with Crippen LogP contribution >= 0.6 is 23.2 Å². The Morgan fingerprint density at radius 1 is 1.03 bits per heavy atom. The highest BCUT2D eigenvalue weighted by molar-refractivity contribution is 6.34. The van der Waals surface area contributed by atoms with Gasteiger partial charge in [0.1, 0.15) is 16.5 Å². The summed E-state index contributed by atoms with van der Waals surface area (Å²) in [5.41, 5.74) is 4.05. The van der Waals surface area contributed by atoms with Crippen LogP contribution in [0.5, 0.6) is 0 Å². The number of aromatic nitrogens is 3. The first-order valence-electron chi connectivity index (χ1n) is 12.6. The number of halogens is 2. The molecule has 0 bridgehead atoms. The van der Waals surface area contributed by atoms with E-state index in [1.807, 2.05) is 59.3 Å². The predicted octanol–water partition coefficient (Wildman–Crippen LogP) is 5.88. The van der Waals surface area contributed by atoms with Crippen molar-refractivity contribution in [3.8, 4) is 11.3 Å². The van der Waals surface area contributed by atoms with Crippen molar-refractivity contribution >= 4 is 52.4 Å². The second-order valence-electron chi connectivity index (χ2n) is 9.73. The summed E-state index contributed by atoms with van der Waals surface area (Å²) in [5.74, 6) is 1.73. The number of amides is 1. The number of nitrogens with zero attached hydrogens (tertiary/aromatic N) is 5. The van der Waals surface area contributed by atoms with Crippen LogP contribution in [0.4, 0.5) is 17.3 Å². The van der Waals surface area contributed by atoms with Crippen molar-refractivity contribution in [1.82, 2.24) is 20.1 Å². The molecule has 38 heavy (non-hydrogen) atoms. The molecule has 8 nitrogen and oxygen atoms in total. The molecule has 1 aliphatic carbocycles. The van der Waals surface area contributed by atoms with Crippen molar-refractivity contribution in [3.63, 3.8) is 0 Å². The summed E-state index contributed by atoms with van der Waals surface area (Å²) in [4.78, 5) is 24.6. The number of para-hydroxylation sites is 1. The molecule has 2 N–H and O–H groups in total. The number of benzene rings is 2. The van der Waals surface area contributed by atoms with E-state index in [0.717, 1.165) is 36.1 Å². The van der Waals surface area contributed by atoms with Gasteiger partial charge in [0.2, 0.25) is 5.96 Å². The van der Waals surface area contributed by atoms with Crippen LogP contribution in [0.3, 0.4) is 0 Å². The van der Waals surface area contributed by atoms with Gasteiger partial charge in [0.15, 0.2) is 5.82 Å². The maximum atomic E-state index is 13.3. The Kier molecular flexibility index (Phi) is 5.60. The first kappa shape index (κ1) is 23.3. The van der Waals surface area contributed by atoms with Crippen LogP contribution in [0.2, 0.25) is 10.2 Å². The minimum atomic E-state index is -0.195. The number of carbonyl (C=O) groups excluding carboxylic acids is 1. The van der Waals surface area contributed by atoms with Gasteiger partial charge in [0, 0.05) is 16.3 Å². The highest BCUT2D eigenvalue weighted by Crippen LogP contribution is 2.41. The van der Waals surface area contributed by atoms with Gasteiger partial charge in [-0.05, 0) is 49.1 Å². The van der Waals surface area contributed by atoms with Gasteiger partial charge in [-0.2, -0.15) is 5.10 Å². The summed E-state index contributed by atoms with van der Waals surface area (Å²) >= 11 is 12.3. The summed E-state index contributed by atoms with van der Waals surface area (Å²) < 4.78 is 1.87. The summed E-state index contributed by atoms with van der Waals surface area (Å²) in [5, 5.41) is 12.3. The Bertz CT molecular complexity index is 1560. The van der Waals surface area contributed by atoms with Gasteiger partial charge < -0.3 is 5.32 Å². The zero-order valence-corrected chi connectivity index (χ0v) is 21.7. The summed E-state index contributed by atoms with van der Waals surface area (Å²) in [6, 6.07) is 21.7. The second kappa shape index (κ2) is 9.15. The van der Waals surface area contributed by atoms with E-state index in [-0.39, 0.29) is 18.0 Å². The third-order valence-electron chi connectivity index (χ3n) is 7.28. The molecule has 2 aliphatic heterocycles. The zero-order valence-electron chi connectivity index (χ0n) is 20.2. The van der Waals surface area contributed by atoms with E-state index in [1.54, 1.807) is 12.1 Å². The van der Waals surface area contributed by atoms with Crippen LogP contribution < -0.4 is 15.5 Å². The van der Waals surface area contributed by atoms with Gasteiger partial charge in [0.05, 0.1) is 24.3 Å². The Labute approximate surface area is 229 Å². The molecular weight excluding hydrogens is 521 g/mol. The molecule has 10 heteroatoms. The van der Waals surface area contributed by atoms with Gasteiger partial charge in [-0.3, -0.25) is 15.0 Å². The van der Waals surface area contributed by atoms with Crippen LogP contribution in [0.25, 0.3) is 11.3 Å². The second-order valence-corrected chi connectivity index (χ2v) is 10.6. The zero-order chi connectivity index (χ0) is 25.8. The van der Waals surface area contributed by atoms with E-state index in [2.05, 4.69) is 20.5 Å². The molecule has 2 aromatic heterocycles. The number of aliphatic imine (C=N–C) groups is 1. The monoisotopic (exact) mass is 543 g/mol. The average molecular weight is 544 g/mol. The minimum absolute atomic E-state index is 0.195. The molecular formula is C28H23Cl2N7O. The first-order valence-corrected chi connectivity index (χ1v) is 13.3. The van der Waals surface area contributed by atoms with Crippen LogP contribution in [-0.2, 0) is 6.54 Å². The fraction of sp³-hybridized carbons (Fsp3) is 0.214. The summed E-state index contributed by atoms with van der Waals surface area (Å²) in [6.45, 7) is 0.466. The molecule has 2 aromatic carbocycles. The number of carbonyl (C=O) groups is 1. The lowest BCUT2D eigenvalue weighted by atomic mass is 10.1. The molecule has 0 unspecified atom stereocenters. The van der Waals surface area contributed by atoms with Crippen molar-refractivity contribution in [2.24, 2.45) is 4.99 Å². The highest BCUT2D eigenvalue weighted by Gasteiger charge is 2.47. The van der Waals surface area contributed by atoms with Crippen molar-refractivity contribution in [2.75, 3.05) is 10.2 Å². The number of fused-ring (bicyclic) bond motifs is 5. The van der Waals surface area contributed by atoms with Gasteiger partial charge in [-0.1, -0.05) is 65.7 Å². The van der Waals surface area contributed by atoms with Crippen LogP contribution in [0.1, 0.15) is 35.2 Å². The first-order chi connectivity index (χ1) is 18.5. The fourth-order valence-corrected chi connectivity index (χ4v) is 6.03. The summed E-state index contributed by atoms with van der Waals surface area (Å²) in [7, 11) is 0. The average Bonchev–Trinajstić information content (AvgIpc) is 3.58. The third-order valence-corrected chi connectivity index (χ3v) is 7.70. The number of hydrogen-bond acceptors (Lipinski definition) is 6. The molecule has 0 radical (unpaired) electrons. The lowest BCUT2D eigenvalue weighted by Gasteiger charge is -2.29. The van der Waals surface area contributed by atoms with E-state index in [1.165, 1.54) is 0 Å². The number of anilines is 3. The van der Waals surface area contributed by atoms with Crippen LogP contribution in [0.15, 0.2) is 71.7 Å². The topological polar surface area (TPSA) is 87.4 Å². The van der Waals surface area contributed by atoms with E-state index >= 15 is 0 Å². The van der Waals surface area contributed by atoms with E-state index in [0.29, 0.717) is 45.6 Å². The molecule has 2 atom stereocenters. The molecule has 0 saturated heterocycles. The van der Waals surface area contributed by atoms with E-state index < -0.39 is 0 Å². The molecule has 190 valence electrons. The molecule has 4 heterocycles. The molecule has 0 spiro atoms. The fourth-order valence-electron chi connectivity index (χ4n) is 5.56. The van der Waals surface area contributed by atoms with Crippen LogP contribution in [0, 0.1) is 0 Å². The predicted molar refractivity (Wildman–Crippen MR) is 150 cm³/mol. The Balaban J connectivity index is 1.27. The molecule has 1 fully saturated rings. The van der Waals surface area contributed by atoms with E-state index in [4.69, 9.17) is 33.3 Å². The lowest BCUT2D eigenvalue weighted by Crippen LogP contribution is -2.50. The molecule has 3 aliphatic rings. The number of rotatable bonds is 5. The Morgan fingerprint density at radius 2 is 1.84 bits per heavy atom. The largest absolute Gasteiger partial charge is 0.340 e. The number of pyridine rings is 1. The van der Waals surface area contributed by atoms with Crippen LogP contribution in [-0.4, -0.2) is 38.7 Å². The summed E-state index contributed by atoms with van der Waals surface area (Å²) in [6.07, 6.45) is 3.19. The Hall–Kier alpha value is -3.88.